The van der Waals surface area contributed by atoms with Crippen LogP contribution >= 0.6 is 23.5 Å². The number of carbonyl (C=O) groups excluding carboxylic acids is 1. The number of rotatable bonds is 6. The normalized spacial score (nSPS) is 18.6. The molecule has 0 bridgehead atoms. The molecule has 0 unspecified atom stereocenters. The minimum Gasteiger partial charge on any atom is -0.303 e. The summed E-state index contributed by atoms with van der Waals surface area (Å²) in [6, 6.07) is 12.5. The van der Waals surface area contributed by atoms with Crippen LogP contribution in [0.5, 0.6) is 0 Å². The standard InChI is InChI=1S/C18H14F3N3OS2/c19-13-5-1-12(2-6-13)10-22-24-18-23-16(25)15(27-18)9-11-3-7-14(8-4-11)26-17(20)21/h1-8,10,15,17H,9H2,(H,23,24,25)/t15-/m1/s1. The lowest BCUT2D eigenvalue weighted by Gasteiger charge is -2.06. The minimum absolute atomic E-state index is 0.179. The lowest BCUT2D eigenvalue weighted by molar-refractivity contribution is -0.118. The summed E-state index contributed by atoms with van der Waals surface area (Å²) < 4.78 is 37.5. The molecule has 4 nitrogen and oxygen atoms in total. The van der Waals surface area contributed by atoms with Gasteiger partial charge in [0, 0.05) is 4.90 Å². The van der Waals surface area contributed by atoms with Gasteiger partial charge in [-0.15, -0.1) is 5.10 Å². The van der Waals surface area contributed by atoms with E-state index in [9.17, 15) is 18.0 Å². The number of thioether (sulfide) groups is 2. The maximum Gasteiger partial charge on any atom is 0.288 e. The van der Waals surface area contributed by atoms with Crippen molar-refractivity contribution in [2.75, 3.05) is 0 Å². The Labute approximate surface area is 162 Å². The van der Waals surface area contributed by atoms with Crippen molar-refractivity contribution in [1.29, 1.82) is 0 Å². The molecule has 140 valence electrons. The molecule has 1 aliphatic heterocycles. The van der Waals surface area contributed by atoms with E-state index in [1.807, 2.05) is 0 Å². The average molecular weight is 409 g/mol. The highest BCUT2D eigenvalue weighted by Gasteiger charge is 2.30. The van der Waals surface area contributed by atoms with Crippen molar-refractivity contribution in [2.45, 2.75) is 22.3 Å². The Hall–Kier alpha value is -2.26. The van der Waals surface area contributed by atoms with Gasteiger partial charge in [0.15, 0.2) is 5.17 Å². The van der Waals surface area contributed by atoms with E-state index >= 15 is 0 Å². The van der Waals surface area contributed by atoms with Gasteiger partial charge >= 0.3 is 0 Å². The van der Waals surface area contributed by atoms with E-state index < -0.39 is 5.76 Å². The first-order valence-electron chi connectivity index (χ1n) is 7.87. The molecule has 1 fully saturated rings. The SMILES string of the molecule is O=C1N/C(=N\N=Cc2ccc(F)cc2)S[C@@H]1Cc1ccc(SC(F)F)cc1. The van der Waals surface area contributed by atoms with Crippen molar-refractivity contribution in [3.63, 3.8) is 0 Å². The van der Waals surface area contributed by atoms with Gasteiger partial charge in [0.1, 0.15) is 5.82 Å². The number of nitrogens with one attached hydrogen (secondary N) is 1. The molecule has 2 aromatic carbocycles. The molecular formula is C18H14F3N3OS2. The van der Waals surface area contributed by atoms with Gasteiger partial charge in [0.2, 0.25) is 5.91 Å². The second-order valence-corrected chi connectivity index (χ2v) is 7.78. The minimum atomic E-state index is -2.46. The van der Waals surface area contributed by atoms with Crippen molar-refractivity contribution in [2.24, 2.45) is 10.2 Å². The van der Waals surface area contributed by atoms with Crippen LogP contribution in [0.2, 0.25) is 0 Å². The van der Waals surface area contributed by atoms with Crippen LogP contribution in [0.1, 0.15) is 11.1 Å². The summed E-state index contributed by atoms with van der Waals surface area (Å²) in [5, 5.41) is 10.5. The molecule has 2 aromatic rings. The molecule has 1 aliphatic rings. The summed E-state index contributed by atoms with van der Waals surface area (Å²) in [6.07, 6.45) is 1.92. The van der Waals surface area contributed by atoms with Crippen molar-refractivity contribution in [1.82, 2.24) is 5.32 Å². The third-order valence-electron chi connectivity index (χ3n) is 3.57. The number of hydrogen-bond donors (Lipinski definition) is 1. The smallest absolute Gasteiger partial charge is 0.288 e. The van der Waals surface area contributed by atoms with Gasteiger partial charge in [0.05, 0.1) is 11.5 Å². The van der Waals surface area contributed by atoms with E-state index in [1.54, 1.807) is 36.4 Å². The largest absolute Gasteiger partial charge is 0.303 e. The summed E-state index contributed by atoms with van der Waals surface area (Å²) in [5.41, 5.74) is 1.56. The molecule has 1 saturated heterocycles. The molecule has 1 atom stereocenters. The summed E-state index contributed by atoms with van der Waals surface area (Å²) in [4.78, 5) is 12.5. The molecule has 0 spiro atoms. The summed E-state index contributed by atoms with van der Waals surface area (Å²) in [7, 11) is 0. The van der Waals surface area contributed by atoms with E-state index in [2.05, 4.69) is 15.5 Å². The molecule has 0 saturated carbocycles. The predicted molar refractivity (Wildman–Crippen MR) is 103 cm³/mol. The van der Waals surface area contributed by atoms with Crippen LogP contribution in [-0.2, 0) is 11.2 Å². The summed E-state index contributed by atoms with van der Waals surface area (Å²) >= 11 is 1.74. The van der Waals surface area contributed by atoms with Crippen LogP contribution in [0.25, 0.3) is 0 Å². The number of benzene rings is 2. The van der Waals surface area contributed by atoms with E-state index in [1.165, 1.54) is 30.1 Å². The number of alkyl halides is 2. The van der Waals surface area contributed by atoms with Crippen LogP contribution in [-0.4, -0.2) is 28.3 Å². The van der Waals surface area contributed by atoms with Crippen LogP contribution < -0.4 is 5.32 Å². The topological polar surface area (TPSA) is 53.8 Å². The number of amides is 1. The Bertz CT molecular complexity index is 855. The highest BCUT2D eigenvalue weighted by molar-refractivity contribution is 8.15. The Morgan fingerprint density at radius 3 is 2.52 bits per heavy atom. The van der Waals surface area contributed by atoms with E-state index in [4.69, 9.17) is 0 Å². The van der Waals surface area contributed by atoms with Crippen LogP contribution in [0.3, 0.4) is 0 Å². The van der Waals surface area contributed by atoms with E-state index in [0.717, 1.165) is 5.56 Å². The molecule has 9 heteroatoms. The molecule has 0 aromatic heterocycles. The fourth-order valence-corrected chi connectivity index (χ4v) is 3.77. The highest BCUT2D eigenvalue weighted by atomic mass is 32.2. The van der Waals surface area contributed by atoms with Crippen LogP contribution in [0.4, 0.5) is 13.2 Å². The maximum absolute atomic E-state index is 12.8. The monoisotopic (exact) mass is 409 g/mol. The lowest BCUT2D eigenvalue weighted by atomic mass is 10.1. The van der Waals surface area contributed by atoms with Crippen LogP contribution in [0, 0.1) is 5.82 Å². The lowest BCUT2D eigenvalue weighted by Crippen LogP contribution is -2.25. The Morgan fingerprint density at radius 2 is 1.85 bits per heavy atom. The van der Waals surface area contributed by atoms with Gasteiger partial charge in [-0.25, -0.2) is 4.39 Å². The predicted octanol–water partition coefficient (Wildman–Crippen LogP) is 4.30. The van der Waals surface area contributed by atoms with Crippen molar-refractivity contribution in [3.05, 3.63) is 65.5 Å². The van der Waals surface area contributed by atoms with Gasteiger partial charge < -0.3 is 5.32 Å². The molecule has 0 aliphatic carbocycles. The number of halogens is 3. The Morgan fingerprint density at radius 1 is 1.15 bits per heavy atom. The molecule has 1 N–H and O–H groups in total. The third kappa shape index (κ3) is 5.86. The number of carbonyl (C=O) groups is 1. The molecule has 0 radical (unpaired) electrons. The fraction of sp³-hybridized carbons (Fsp3) is 0.167. The zero-order valence-electron chi connectivity index (χ0n) is 13.8. The average Bonchev–Trinajstić information content (AvgIpc) is 2.97. The molecule has 3 rings (SSSR count). The quantitative estimate of drug-likeness (QED) is 0.440. The summed E-state index contributed by atoms with van der Waals surface area (Å²) in [5.74, 6) is -2.97. The number of amidine groups is 1. The summed E-state index contributed by atoms with van der Waals surface area (Å²) in [6.45, 7) is 0. The molecule has 1 heterocycles. The second-order valence-electron chi connectivity index (χ2n) is 5.52. The van der Waals surface area contributed by atoms with Crippen molar-refractivity contribution < 1.29 is 18.0 Å². The molecular weight excluding hydrogens is 395 g/mol. The van der Waals surface area contributed by atoms with Gasteiger partial charge in [-0.05, 0) is 41.8 Å². The third-order valence-corrected chi connectivity index (χ3v) is 5.37. The number of nitrogens with zero attached hydrogens (tertiary/aromatic N) is 2. The van der Waals surface area contributed by atoms with Gasteiger partial charge in [-0.3, -0.25) is 4.79 Å². The Balaban J connectivity index is 1.57. The van der Waals surface area contributed by atoms with E-state index in [-0.39, 0.29) is 17.0 Å². The van der Waals surface area contributed by atoms with Crippen molar-refractivity contribution in [3.8, 4) is 0 Å². The van der Waals surface area contributed by atoms with E-state index in [0.29, 0.717) is 33.8 Å². The first kappa shape index (κ1) is 19.5. The first-order chi connectivity index (χ1) is 13.0. The van der Waals surface area contributed by atoms with Gasteiger partial charge in [-0.2, -0.15) is 13.9 Å². The number of hydrogen-bond acceptors (Lipinski definition) is 5. The fourth-order valence-electron chi connectivity index (χ4n) is 2.30. The molecule has 1 amide bonds. The van der Waals surface area contributed by atoms with Crippen molar-refractivity contribution >= 4 is 40.8 Å². The zero-order chi connectivity index (χ0) is 19.2. The highest BCUT2D eigenvalue weighted by Crippen LogP contribution is 2.27. The first-order valence-corrected chi connectivity index (χ1v) is 9.63. The Kier molecular flexibility index (Phi) is 6.57. The van der Waals surface area contributed by atoms with Gasteiger partial charge in [-0.1, -0.05) is 47.8 Å². The second kappa shape index (κ2) is 9.09. The maximum atomic E-state index is 12.8. The van der Waals surface area contributed by atoms with Gasteiger partial charge in [0.25, 0.3) is 5.76 Å². The zero-order valence-corrected chi connectivity index (χ0v) is 15.4. The van der Waals surface area contributed by atoms with Crippen LogP contribution in [0.15, 0.2) is 63.6 Å². The molecule has 27 heavy (non-hydrogen) atoms.